The maximum atomic E-state index is 11.9. The molecule has 0 saturated carbocycles. The Morgan fingerprint density at radius 2 is 2.22 bits per heavy atom. The van der Waals surface area contributed by atoms with Crippen molar-refractivity contribution < 1.29 is 19.1 Å². The minimum atomic E-state index is -0.333. The number of anilines is 1. The summed E-state index contributed by atoms with van der Waals surface area (Å²) in [6.45, 7) is 2.46. The molecule has 6 heteroatoms. The number of carbonyl (C=O) groups is 2. The van der Waals surface area contributed by atoms with Crippen LogP contribution in [0.2, 0.25) is 0 Å². The Hall–Kier alpha value is -2.01. The van der Waals surface area contributed by atoms with Crippen molar-refractivity contribution in [1.82, 2.24) is 0 Å². The smallest absolute Gasteiger partial charge is 0.334 e. The van der Waals surface area contributed by atoms with Crippen LogP contribution >= 0.6 is 11.6 Å². The lowest BCUT2D eigenvalue weighted by Gasteiger charge is -2.13. The van der Waals surface area contributed by atoms with E-state index in [1.54, 1.807) is 19.1 Å². The van der Waals surface area contributed by atoms with Gasteiger partial charge in [-0.3, -0.25) is 4.79 Å². The fourth-order valence-corrected chi connectivity index (χ4v) is 2.41. The number of rotatable bonds is 6. The number of ether oxygens (including phenoxy) is 2. The normalized spacial score (nSPS) is 13.2. The SMILES string of the molecule is CCOC(=O)C1=Cc2cccc(NC(=O)CCCCl)c2OCC1. The second-order valence-electron chi connectivity index (χ2n) is 5.05. The van der Waals surface area contributed by atoms with Crippen molar-refractivity contribution in [3.05, 3.63) is 29.3 Å². The molecule has 1 aliphatic rings. The van der Waals surface area contributed by atoms with Crippen molar-refractivity contribution in [1.29, 1.82) is 0 Å². The summed E-state index contributed by atoms with van der Waals surface area (Å²) in [5.41, 5.74) is 1.92. The van der Waals surface area contributed by atoms with Gasteiger partial charge in [0.25, 0.3) is 0 Å². The highest BCUT2D eigenvalue weighted by Gasteiger charge is 2.19. The summed E-state index contributed by atoms with van der Waals surface area (Å²) in [5, 5.41) is 2.83. The highest BCUT2D eigenvalue weighted by atomic mass is 35.5. The highest BCUT2D eigenvalue weighted by Crippen LogP contribution is 2.33. The molecule has 0 fully saturated rings. The highest BCUT2D eigenvalue weighted by molar-refractivity contribution is 6.18. The number of para-hydroxylation sites is 1. The van der Waals surface area contributed by atoms with Gasteiger partial charge in [0.2, 0.25) is 5.91 Å². The number of fused-ring (bicyclic) bond motifs is 1. The molecular weight excluding hydrogens is 318 g/mol. The first-order valence-electron chi connectivity index (χ1n) is 7.65. The minimum absolute atomic E-state index is 0.110. The van der Waals surface area contributed by atoms with Crippen LogP contribution in [0.3, 0.4) is 0 Å². The van der Waals surface area contributed by atoms with Crippen LogP contribution in [-0.2, 0) is 14.3 Å². The summed E-state index contributed by atoms with van der Waals surface area (Å²) in [6.07, 6.45) is 3.20. The number of carbonyl (C=O) groups excluding carboxylic acids is 2. The van der Waals surface area contributed by atoms with Crippen LogP contribution in [0.4, 0.5) is 5.69 Å². The molecule has 1 aromatic rings. The van der Waals surface area contributed by atoms with Gasteiger partial charge in [0.15, 0.2) is 0 Å². The van der Waals surface area contributed by atoms with E-state index in [1.807, 2.05) is 12.1 Å². The maximum absolute atomic E-state index is 11.9. The standard InChI is InChI=1S/C17H20ClNO4/c1-2-22-17(21)13-8-10-23-16-12(11-13)5-3-6-14(16)19-15(20)7-4-9-18/h3,5-6,11H,2,4,7-10H2,1H3,(H,19,20). The van der Waals surface area contributed by atoms with Crippen LogP contribution in [0.1, 0.15) is 31.7 Å². The third-order valence-corrected chi connectivity index (χ3v) is 3.61. The van der Waals surface area contributed by atoms with Crippen molar-refractivity contribution in [2.24, 2.45) is 0 Å². The predicted octanol–water partition coefficient (Wildman–Crippen LogP) is 3.37. The Morgan fingerprint density at radius 1 is 1.39 bits per heavy atom. The Morgan fingerprint density at radius 3 is 2.96 bits per heavy atom. The molecule has 1 aliphatic heterocycles. The lowest BCUT2D eigenvalue weighted by atomic mass is 10.1. The molecule has 0 atom stereocenters. The van der Waals surface area contributed by atoms with Crippen molar-refractivity contribution in [3.63, 3.8) is 0 Å². The summed E-state index contributed by atoms with van der Waals surface area (Å²) in [6, 6.07) is 5.43. The molecule has 0 radical (unpaired) electrons. The summed E-state index contributed by atoms with van der Waals surface area (Å²) in [7, 11) is 0. The van der Waals surface area contributed by atoms with Crippen molar-refractivity contribution in [2.75, 3.05) is 24.4 Å². The zero-order valence-corrected chi connectivity index (χ0v) is 13.8. The average molecular weight is 338 g/mol. The van der Waals surface area contributed by atoms with Crippen LogP contribution in [0.5, 0.6) is 5.75 Å². The van der Waals surface area contributed by atoms with Crippen LogP contribution in [0, 0.1) is 0 Å². The Bertz CT molecular complexity index is 613. The average Bonchev–Trinajstić information content (AvgIpc) is 2.76. The van der Waals surface area contributed by atoms with E-state index in [-0.39, 0.29) is 11.9 Å². The monoisotopic (exact) mass is 337 g/mol. The first-order chi connectivity index (χ1) is 11.2. The molecule has 1 heterocycles. The van der Waals surface area contributed by atoms with Gasteiger partial charge in [-0.1, -0.05) is 12.1 Å². The molecule has 1 N–H and O–H groups in total. The van der Waals surface area contributed by atoms with E-state index in [0.29, 0.717) is 55.4 Å². The van der Waals surface area contributed by atoms with E-state index < -0.39 is 0 Å². The zero-order valence-electron chi connectivity index (χ0n) is 13.1. The van der Waals surface area contributed by atoms with Crippen LogP contribution in [0.15, 0.2) is 23.8 Å². The molecule has 1 aromatic carbocycles. The topological polar surface area (TPSA) is 64.6 Å². The van der Waals surface area contributed by atoms with Crippen LogP contribution in [0.25, 0.3) is 6.08 Å². The van der Waals surface area contributed by atoms with Crippen LogP contribution in [-0.4, -0.2) is 31.0 Å². The van der Waals surface area contributed by atoms with E-state index in [2.05, 4.69) is 5.32 Å². The van der Waals surface area contributed by atoms with Gasteiger partial charge in [-0.2, -0.15) is 0 Å². The van der Waals surface area contributed by atoms with Gasteiger partial charge in [-0.05, 0) is 25.5 Å². The van der Waals surface area contributed by atoms with E-state index in [4.69, 9.17) is 21.1 Å². The van der Waals surface area contributed by atoms with E-state index >= 15 is 0 Å². The Balaban J connectivity index is 2.22. The first-order valence-corrected chi connectivity index (χ1v) is 8.18. The van der Waals surface area contributed by atoms with Gasteiger partial charge >= 0.3 is 5.97 Å². The number of benzene rings is 1. The minimum Gasteiger partial charge on any atom is -0.490 e. The molecule has 0 aromatic heterocycles. The summed E-state index contributed by atoms with van der Waals surface area (Å²) in [5.74, 6) is 0.579. The number of hydrogen-bond donors (Lipinski definition) is 1. The van der Waals surface area contributed by atoms with Crippen LogP contribution < -0.4 is 10.1 Å². The fraction of sp³-hybridized carbons (Fsp3) is 0.412. The molecule has 124 valence electrons. The van der Waals surface area contributed by atoms with Crippen molar-refractivity contribution in [3.8, 4) is 5.75 Å². The van der Waals surface area contributed by atoms with E-state index in [0.717, 1.165) is 5.56 Å². The zero-order chi connectivity index (χ0) is 16.7. The number of nitrogens with one attached hydrogen (secondary N) is 1. The van der Waals surface area contributed by atoms with Gasteiger partial charge in [0.1, 0.15) is 5.75 Å². The summed E-state index contributed by atoms with van der Waals surface area (Å²) < 4.78 is 10.8. The van der Waals surface area contributed by atoms with Crippen molar-refractivity contribution in [2.45, 2.75) is 26.2 Å². The molecule has 23 heavy (non-hydrogen) atoms. The second-order valence-corrected chi connectivity index (χ2v) is 5.43. The van der Waals surface area contributed by atoms with E-state index in [9.17, 15) is 9.59 Å². The lowest BCUT2D eigenvalue weighted by Crippen LogP contribution is -2.13. The second kappa shape index (κ2) is 8.58. The lowest BCUT2D eigenvalue weighted by molar-refractivity contribution is -0.138. The van der Waals surface area contributed by atoms with E-state index in [1.165, 1.54) is 0 Å². The quantitative estimate of drug-likeness (QED) is 0.638. The van der Waals surface area contributed by atoms with Gasteiger partial charge < -0.3 is 14.8 Å². The summed E-state index contributed by atoms with van der Waals surface area (Å²) >= 11 is 5.60. The Kier molecular flexibility index (Phi) is 6.47. The molecule has 0 unspecified atom stereocenters. The van der Waals surface area contributed by atoms with Gasteiger partial charge in [0.05, 0.1) is 18.9 Å². The first kappa shape index (κ1) is 17.3. The predicted molar refractivity (Wildman–Crippen MR) is 89.7 cm³/mol. The van der Waals surface area contributed by atoms with Gasteiger partial charge in [-0.25, -0.2) is 4.79 Å². The number of amides is 1. The molecule has 2 rings (SSSR count). The fourth-order valence-electron chi connectivity index (χ4n) is 2.28. The molecule has 0 saturated heterocycles. The molecular formula is C17H20ClNO4. The number of hydrogen-bond acceptors (Lipinski definition) is 4. The molecule has 0 bridgehead atoms. The van der Waals surface area contributed by atoms with Crippen molar-refractivity contribution >= 4 is 35.2 Å². The third kappa shape index (κ3) is 4.73. The number of alkyl halides is 1. The number of esters is 1. The molecule has 5 nitrogen and oxygen atoms in total. The maximum Gasteiger partial charge on any atom is 0.334 e. The number of halogens is 1. The molecule has 1 amide bonds. The summed E-state index contributed by atoms with van der Waals surface area (Å²) in [4.78, 5) is 23.8. The molecule has 0 aliphatic carbocycles. The largest absolute Gasteiger partial charge is 0.490 e. The van der Waals surface area contributed by atoms with Gasteiger partial charge in [-0.15, -0.1) is 11.6 Å². The third-order valence-electron chi connectivity index (χ3n) is 3.34. The van der Waals surface area contributed by atoms with Gasteiger partial charge in [0, 0.05) is 29.9 Å². The Labute approximate surface area is 140 Å². The molecule has 0 spiro atoms.